The van der Waals surface area contributed by atoms with E-state index >= 15 is 0 Å². The van der Waals surface area contributed by atoms with Gasteiger partial charge in [-0.3, -0.25) is 0 Å². The lowest BCUT2D eigenvalue weighted by atomic mass is 10.2. The summed E-state index contributed by atoms with van der Waals surface area (Å²) in [5, 5.41) is 0.448. The summed E-state index contributed by atoms with van der Waals surface area (Å²) in [6.45, 7) is 1.99. The first-order valence-electron chi connectivity index (χ1n) is 5.14. The van der Waals surface area contributed by atoms with Crippen molar-refractivity contribution >= 4 is 34.2 Å². The molecule has 17 heavy (non-hydrogen) atoms. The van der Waals surface area contributed by atoms with E-state index in [9.17, 15) is 0 Å². The number of ether oxygens (including phenoxy) is 1. The van der Waals surface area contributed by atoms with E-state index in [0.717, 1.165) is 21.3 Å². The molecule has 0 aliphatic carbocycles. The Hall–Kier alpha value is -0.880. The first-order chi connectivity index (χ1) is 8.22. The van der Waals surface area contributed by atoms with E-state index in [0.29, 0.717) is 11.0 Å². The second-order valence-electron chi connectivity index (χ2n) is 3.33. The molecule has 5 heteroatoms. The van der Waals surface area contributed by atoms with Gasteiger partial charge in [-0.05, 0) is 41.1 Å². The van der Waals surface area contributed by atoms with Crippen molar-refractivity contribution in [3.63, 3.8) is 0 Å². The zero-order valence-electron chi connectivity index (χ0n) is 9.15. The molecule has 3 nitrogen and oxygen atoms in total. The van der Waals surface area contributed by atoms with Crippen molar-refractivity contribution in [2.24, 2.45) is 0 Å². The van der Waals surface area contributed by atoms with Gasteiger partial charge >= 0.3 is 0 Å². The van der Waals surface area contributed by atoms with Crippen LogP contribution in [0.2, 0.25) is 5.15 Å². The summed E-state index contributed by atoms with van der Waals surface area (Å²) in [7, 11) is 0. The Morgan fingerprint density at radius 2 is 2.06 bits per heavy atom. The van der Waals surface area contributed by atoms with Crippen LogP contribution < -0.4 is 4.74 Å². The normalized spacial score (nSPS) is 10.3. The molecule has 2 aromatic rings. The topological polar surface area (TPSA) is 35.0 Å². The van der Waals surface area contributed by atoms with E-state index in [1.165, 1.54) is 6.33 Å². The average Bonchev–Trinajstić information content (AvgIpc) is 2.32. The molecule has 0 N–H and O–H groups in total. The summed E-state index contributed by atoms with van der Waals surface area (Å²) in [6.07, 6.45) is 2.14. The van der Waals surface area contributed by atoms with Gasteiger partial charge in [-0.25, -0.2) is 9.97 Å². The number of nitrogens with zero attached hydrogens (tertiary/aromatic N) is 2. The third kappa shape index (κ3) is 2.87. The summed E-state index contributed by atoms with van der Waals surface area (Å²) >= 11 is 8.22. The smallest absolute Gasteiger partial charge is 0.227 e. The van der Waals surface area contributed by atoms with Crippen LogP contribution >= 0.6 is 34.2 Å². The van der Waals surface area contributed by atoms with Gasteiger partial charge in [0.2, 0.25) is 5.88 Å². The van der Waals surface area contributed by atoms with E-state index in [4.69, 9.17) is 16.3 Å². The maximum absolute atomic E-state index is 6.00. The maximum Gasteiger partial charge on any atom is 0.227 e. The predicted octanol–water partition coefficient (Wildman–Crippen LogP) is 4.09. The SMILES string of the molecule is CCc1c(Cl)ncnc1Oc1ccccc1I. The molecular weight excluding hydrogens is 351 g/mol. The largest absolute Gasteiger partial charge is 0.437 e. The van der Waals surface area contributed by atoms with Crippen molar-refractivity contribution in [2.75, 3.05) is 0 Å². The minimum absolute atomic E-state index is 0.448. The van der Waals surface area contributed by atoms with Gasteiger partial charge in [-0.15, -0.1) is 0 Å². The highest BCUT2D eigenvalue weighted by Gasteiger charge is 2.11. The van der Waals surface area contributed by atoms with Gasteiger partial charge in [-0.1, -0.05) is 30.7 Å². The highest BCUT2D eigenvalue weighted by atomic mass is 127. The second-order valence-corrected chi connectivity index (χ2v) is 4.85. The van der Waals surface area contributed by atoms with Gasteiger partial charge in [0.1, 0.15) is 17.2 Å². The Labute approximate surface area is 118 Å². The lowest BCUT2D eigenvalue weighted by molar-refractivity contribution is 0.452. The molecular formula is C12H10ClIN2O. The summed E-state index contributed by atoms with van der Waals surface area (Å²) in [5.41, 5.74) is 0.828. The van der Waals surface area contributed by atoms with Crippen molar-refractivity contribution in [3.05, 3.63) is 44.9 Å². The van der Waals surface area contributed by atoms with Crippen molar-refractivity contribution in [2.45, 2.75) is 13.3 Å². The van der Waals surface area contributed by atoms with Gasteiger partial charge in [-0.2, -0.15) is 0 Å². The van der Waals surface area contributed by atoms with Crippen LogP contribution in [0.4, 0.5) is 0 Å². The fraction of sp³-hybridized carbons (Fsp3) is 0.167. The van der Waals surface area contributed by atoms with E-state index < -0.39 is 0 Å². The van der Waals surface area contributed by atoms with Gasteiger partial charge in [0.05, 0.1) is 9.13 Å². The quantitative estimate of drug-likeness (QED) is 0.611. The number of rotatable bonds is 3. The van der Waals surface area contributed by atoms with Crippen LogP contribution in [0, 0.1) is 3.57 Å². The third-order valence-electron chi connectivity index (χ3n) is 2.25. The van der Waals surface area contributed by atoms with Crippen molar-refractivity contribution in [1.82, 2.24) is 9.97 Å². The molecule has 88 valence electrons. The van der Waals surface area contributed by atoms with Crippen LogP contribution in [0.1, 0.15) is 12.5 Å². The molecule has 1 heterocycles. The van der Waals surface area contributed by atoms with Gasteiger partial charge in [0.15, 0.2) is 0 Å². The highest BCUT2D eigenvalue weighted by Crippen LogP contribution is 2.29. The first-order valence-corrected chi connectivity index (χ1v) is 6.59. The number of hydrogen-bond acceptors (Lipinski definition) is 3. The van der Waals surface area contributed by atoms with Crippen LogP contribution in [0.15, 0.2) is 30.6 Å². The Balaban J connectivity index is 2.37. The molecule has 0 radical (unpaired) electrons. The maximum atomic E-state index is 6.00. The van der Waals surface area contributed by atoms with E-state index in [1.54, 1.807) is 0 Å². The molecule has 0 aliphatic heterocycles. The molecule has 0 unspecified atom stereocenters. The van der Waals surface area contributed by atoms with Crippen LogP contribution in [0.5, 0.6) is 11.6 Å². The van der Waals surface area contributed by atoms with Crippen molar-refractivity contribution in [1.29, 1.82) is 0 Å². The molecule has 0 amide bonds. The molecule has 2 rings (SSSR count). The van der Waals surface area contributed by atoms with Gasteiger partial charge in [0, 0.05) is 0 Å². The molecule has 1 aromatic heterocycles. The van der Waals surface area contributed by atoms with Crippen LogP contribution in [0.3, 0.4) is 0 Å². The summed E-state index contributed by atoms with van der Waals surface area (Å²) in [6, 6.07) is 7.76. The molecule has 0 saturated heterocycles. The van der Waals surface area contributed by atoms with E-state index in [-0.39, 0.29) is 0 Å². The van der Waals surface area contributed by atoms with E-state index in [1.807, 2.05) is 31.2 Å². The standard InChI is InChI=1S/C12H10ClIN2O/c1-2-8-11(13)15-7-16-12(8)17-10-6-4-3-5-9(10)14/h3-7H,2H2,1H3. The lowest BCUT2D eigenvalue weighted by Gasteiger charge is -2.10. The highest BCUT2D eigenvalue weighted by molar-refractivity contribution is 14.1. The number of aromatic nitrogens is 2. The summed E-state index contributed by atoms with van der Waals surface area (Å²) in [4.78, 5) is 8.07. The number of para-hydroxylation sites is 1. The molecule has 0 saturated carbocycles. The molecule has 1 aromatic carbocycles. The zero-order valence-corrected chi connectivity index (χ0v) is 12.1. The Kier molecular flexibility index (Phi) is 4.17. The van der Waals surface area contributed by atoms with Gasteiger partial charge < -0.3 is 4.74 Å². The molecule has 0 spiro atoms. The monoisotopic (exact) mass is 360 g/mol. The second kappa shape index (κ2) is 5.64. The first kappa shape index (κ1) is 12.6. The molecule has 0 fully saturated rings. The zero-order chi connectivity index (χ0) is 12.3. The van der Waals surface area contributed by atoms with Crippen molar-refractivity contribution < 1.29 is 4.74 Å². The Morgan fingerprint density at radius 1 is 1.29 bits per heavy atom. The molecule has 0 bridgehead atoms. The third-order valence-corrected chi connectivity index (χ3v) is 3.47. The Bertz CT molecular complexity index is 534. The van der Waals surface area contributed by atoms with Crippen LogP contribution in [0.25, 0.3) is 0 Å². The lowest BCUT2D eigenvalue weighted by Crippen LogP contribution is -1.97. The number of halogens is 2. The summed E-state index contributed by atoms with van der Waals surface area (Å²) < 4.78 is 6.80. The fourth-order valence-corrected chi connectivity index (χ4v) is 2.15. The van der Waals surface area contributed by atoms with Crippen molar-refractivity contribution in [3.8, 4) is 11.6 Å². The fourth-order valence-electron chi connectivity index (χ4n) is 1.39. The molecule has 0 atom stereocenters. The number of benzene rings is 1. The average molecular weight is 361 g/mol. The summed E-state index contributed by atoms with van der Waals surface area (Å²) in [5.74, 6) is 1.30. The van der Waals surface area contributed by atoms with Gasteiger partial charge in [0.25, 0.3) is 0 Å². The Morgan fingerprint density at radius 3 is 2.76 bits per heavy atom. The minimum Gasteiger partial charge on any atom is -0.437 e. The minimum atomic E-state index is 0.448. The van der Waals surface area contributed by atoms with Crippen LogP contribution in [-0.2, 0) is 6.42 Å². The van der Waals surface area contributed by atoms with E-state index in [2.05, 4.69) is 32.6 Å². The predicted molar refractivity (Wildman–Crippen MR) is 75.7 cm³/mol. The van der Waals surface area contributed by atoms with Crippen LogP contribution in [-0.4, -0.2) is 9.97 Å². The molecule has 0 aliphatic rings. The number of hydrogen-bond donors (Lipinski definition) is 0.